The Hall–Kier alpha value is -1.95. The van der Waals surface area contributed by atoms with Gasteiger partial charge in [0.25, 0.3) is 5.91 Å². The van der Waals surface area contributed by atoms with E-state index in [1.807, 2.05) is 22.8 Å². The maximum atomic E-state index is 13.9. The van der Waals surface area contributed by atoms with Crippen LogP contribution in [0.2, 0.25) is 0 Å². The first-order valence-corrected chi connectivity index (χ1v) is 9.21. The standard InChI is InChI=1S/C18H20FN3OS/c1-12-16(24-17(20-12)13-6-7-13)18(23)22-10-8-21(9-11-22)15-5-3-2-4-14(15)19/h2-5,13H,6-11H2,1H3. The first kappa shape index (κ1) is 15.6. The van der Waals surface area contributed by atoms with Crippen LogP contribution in [0.5, 0.6) is 0 Å². The Balaban J connectivity index is 1.44. The molecule has 4 rings (SSSR count). The Bertz CT molecular complexity index is 763. The van der Waals surface area contributed by atoms with Crippen LogP contribution >= 0.6 is 11.3 Å². The van der Waals surface area contributed by atoms with Crippen LogP contribution in [0.1, 0.15) is 39.1 Å². The summed E-state index contributed by atoms with van der Waals surface area (Å²) in [5, 5.41) is 1.11. The van der Waals surface area contributed by atoms with E-state index in [2.05, 4.69) is 4.98 Å². The summed E-state index contributed by atoms with van der Waals surface area (Å²) >= 11 is 1.56. The van der Waals surface area contributed by atoms with Crippen LogP contribution < -0.4 is 4.90 Å². The Morgan fingerprint density at radius 1 is 1.21 bits per heavy atom. The van der Waals surface area contributed by atoms with E-state index in [-0.39, 0.29) is 11.7 Å². The van der Waals surface area contributed by atoms with Crippen molar-refractivity contribution in [2.45, 2.75) is 25.7 Å². The molecule has 2 heterocycles. The van der Waals surface area contributed by atoms with Gasteiger partial charge in [-0.3, -0.25) is 4.79 Å². The van der Waals surface area contributed by atoms with E-state index >= 15 is 0 Å². The molecule has 0 unspecified atom stereocenters. The van der Waals surface area contributed by atoms with Crippen molar-refractivity contribution in [2.24, 2.45) is 0 Å². The molecule has 126 valence electrons. The molecule has 1 saturated heterocycles. The lowest BCUT2D eigenvalue weighted by atomic mass is 10.2. The fourth-order valence-corrected chi connectivity index (χ4v) is 4.33. The predicted octanol–water partition coefficient (Wildman–Crippen LogP) is 3.43. The second-order valence-corrected chi connectivity index (χ2v) is 7.50. The number of nitrogens with zero attached hydrogens (tertiary/aromatic N) is 3. The number of carbonyl (C=O) groups is 1. The van der Waals surface area contributed by atoms with Crippen molar-refractivity contribution < 1.29 is 9.18 Å². The lowest BCUT2D eigenvalue weighted by Crippen LogP contribution is -2.49. The molecule has 1 amide bonds. The van der Waals surface area contributed by atoms with Crippen molar-refractivity contribution in [1.82, 2.24) is 9.88 Å². The molecule has 2 aliphatic rings. The van der Waals surface area contributed by atoms with Gasteiger partial charge in [-0.15, -0.1) is 11.3 Å². The molecule has 2 fully saturated rings. The maximum absolute atomic E-state index is 13.9. The zero-order valence-corrected chi connectivity index (χ0v) is 14.5. The van der Waals surface area contributed by atoms with Crippen LogP contribution in [0, 0.1) is 12.7 Å². The third-order valence-electron chi connectivity index (χ3n) is 4.69. The molecule has 0 bridgehead atoms. The number of aryl methyl sites for hydroxylation is 1. The number of piperazine rings is 1. The van der Waals surface area contributed by atoms with Crippen LogP contribution in [0.4, 0.5) is 10.1 Å². The third kappa shape index (κ3) is 2.90. The zero-order chi connectivity index (χ0) is 16.7. The molecule has 4 nitrogen and oxygen atoms in total. The van der Waals surface area contributed by atoms with Gasteiger partial charge in [0.1, 0.15) is 10.7 Å². The van der Waals surface area contributed by atoms with Gasteiger partial charge in [0.05, 0.1) is 16.4 Å². The van der Waals surface area contributed by atoms with Crippen LogP contribution in [0.15, 0.2) is 24.3 Å². The monoisotopic (exact) mass is 345 g/mol. The summed E-state index contributed by atoms with van der Waals surface area (Å²) < 4.78 is 13.9. The molecule has 1 saturated carbocycles. The highest BCUT2D eigenvalue weighted by atomic mass is 32.1. The minimum absolute atomic E-state index is 0.0742. The number of aromatic nitrogens is 1. The largest absolute Gasteiger partial charge is 0.366 e. The van der Waals surface area contributed by atoms with Crippen molar-refractivity contribution in [3.63, 3.8) is 0 Å². The number of para-hydroxylation sites is 1. The van der Waals surface area contributed by atoms with Gasteiger partial charge in [-0.05, 0) is 31.9 Å². The number of rotatable bonds is 3. The fourth-order valence-electron chi connectivity index (χ4n) is 3.12. The van der Waals surface area contributed by atoms with E-state index < -0.39 is 0 Å². The number of amides is 1. The highest BCUT2D eigenvalue weighted by molar-refractivity contribution is 7.13. The molecular formula is C18H20FN3OS. The molecular weight excluding hydrogens is 325 g/mol. The molecule has 2 aromatic rings. The number of benzene rings is 1. The average molecular weight is 345 g/mol. The van der Waals surface area contributed by atoms with Gasteiger partial charge < -0.3 is 9.80 Å². The van der Waals surface area contributed by atoms with Crippen LogP contribution in [0.25, 0.3) is 0 Å². The highest BCUT2D eigenvalue weighted by Crippen LogP contribution is 2.42. The number of halogens is 1. The summed E-state index contributed by atoms with van der Waals surface area (Å²) in [7, 11) is 0. The SMILES string of the molecule is Cc1nc(C2CC2)sc1C(=O)N1CCN(c2ccccc2F)CC1. The third-order valence-corrected chi connectivity index (χ3v) is 6.00. The number of anilines is 1. The molecule has 0 N–H and O–H groups in total. The lowest BCUT2D eigenvalue weighted by molar-refractivity contribution is 0.0750. The topological polar surface area (TPSA) is 36.4 Å². The molecule has 0 radical (unpaired) electrons. The van der Waals surface area contributed by atoms with Gasteiger partial charge in [-0.1, -0.05) is 12.1 Å². The predicted molar refractivity (Wildman–Crippen MR) is 93.3 cm³/mol. The van der Waals surface area contributed by atoms with E-state index in [1.165, 1.54) is 18.9 Å². The second-order valence-electron chi connectivity index (χ2n) is 6.47. The fraction of sp³-hybridized carbons (Fsp3) is 0.444. The number of carbonyl (C=O) groups excluding carboxylic acids is 1. The minimum atomic E-state index is -0.204. The van der Waals surface area contributed by atoms with Gasteiger partial charge in [0.2, 0.25) is 0 Å². The van der Waals surface area contributed by atoms with E-state index in [4.69, 9.17) is 0 Å². The molecule has 24 heavy (non-hydrogen) atoms. The Morgan fingerprint density at radius 3 is 2.58 bits per heavy atom. The van der Waals surface area contributed by atoms with Crippen molar-refractivity contribution in [3.8, 4) is 0 Å². The van der Waals surface area contributed by atoms with Gasteiger partial charge in [0.15, 0.2) is 0 Å². The van der Waals surface area contributed by atoms with Crippen molar-refractivity contribution in [1.29, 1.82) is 0 Å². The van der Waals surface area contributed by atoms with Crippen LogP contribution in [-0.4, -0.2) is 42.0 Å². The molecule has 0 spiro atoms. The van der Waals surface area contributed by atoms with Crippen molar-refractivity contribution in [3.05, 3.63) is 45.7 Å². The first-order valence-electron chi connectivity index (χ1n) is 8.39. The molecule has 6 heteroatoms. The smallest absolute Gasteiger partial charge is 0.265 e. The summed E-state index contributed by atoms with van der Waals surface area (Å²) in [5.41, 5.74) is 1.47. The number of hydrogen-bond acceptors (Lipinski definition) is 4. The summed E-state index contributed by atoms with van der Waals surface area (Å²) in [6.45, 7) is 4.46. The molecule has 1 aromatic carbocycles. The van der Waals surface area contributed by atoms with Gasteiger partial charge in [0, 0.05) is 32.1 Å². The van der Waals surface area contributed by atoms with Crippen molar-refractivity contribution >= 4 is 22.9 Å². The first-order chi connectivity index (χ1) is 11.6. The highest BCUT2D eigenvalue weighted by Gasteiger charge is 2.31. The summed E-state index contributed by atoms with van der Waals surface area (Å²) in [5.74, 6) is 0.447. The molecule has 1 aliphatic heterocycles. The maximum Gasteiger partial charge on any atom is 0.265 e. The Kier molecular flexibility index (Phi) is 4.00. The molecule has 0 atom stereocenters. The van der Waals surface area contributed by atoms with Gasteiger partial charge in [-0.25, -0.2) is 9.37 Å². The van der Waals surface area contributed by atoms with E-state index in [9.17, 15) is 9.18 Å². The number of hydrogen-bond donors (Lipinski definition) is 0. The quantitative estimate of drug-likeness (QED) is 0.855. The van der Waals surface area contributed by atoms with Gasteiger partial charge >= 0.3 is 0 Å². The summed E-state index contributed by atoms with van der Waals surface area (Å²) in [6, 6.07) is 6.81. The molecule has 1 aliphatic carbocycles. The van der Waals surface area contributed by atoms with E-state index in [0.29, 0.717) is 37.8 Å². The summed E-state index contributed by atoms with van der Waals surface area (Å²) in [6.07, 6.45) is 2.39. The zero-order valence-electron chi connectivity index (χ0n) is 13.7. The second kappa shape index (κ2) is 6.16. The van der Waals surface area contributed by atoms with Crippen molar-refractivity contribution in [2.75, 3.05) is 31.1 Å². The van der Waals surface area contributed by atoms with E-state index in [0.717, 1.165) is 15.6 Å². The summed E-state index contributed by atoms with van der Waals surface area (Å²) in [4.78, 5) is 22.0. The van der Waals surface area contributed by atoms with E-state index in [1.54, 1.807) is 23.5 Å². The number of thiazole rings is 1. The van der Waals surface area contributed by atoms with Crippen LogP contribution in [0.3, 0.4) is 0 Å². The Labute approximate surface area is 144 Å². The minimum Gasteiger partial charge on any atom is -0.366 e. The van der Waals surface area contributed by atoms with Gasteiger partial charge in [-0.2, -0.15) is 0 Å². The Morgan fingerprint density at radius 2 is 1.92 bits per heavy atom. The molecule has 1 aromatic heterocycles. The average Bonchev–Trinajstić information content (AvgIpc) is 3.37. The lowest BCUT2D eigenvalue weighted by Gasteiger charge is -2.36. The van der Waals surface area contributed by atoms with Crippen LogP contribution in [-0.2, 0) is 0 Å². The normalized spacial score (nSPS) is 18.1.